The molecule has 0 fully saturated rings. The maximum atomic E-state index is 12.4. The molecule has 37 heavy (non-hydrogen) atoms. The minimum atomic E-state index is -6.08. The van der Waals surface area contributed by atoms with Crippen LogP contribution in [0.15, 0.2) is 62.2 Å². The molecule has 0 radical (unpaired) electrons. The van der Waals surface area contributed by atoms with Crippen molar-refractivity contribution in [3.8, 4) is 0 Å². The number of hydrogen-bond acceptors (Lipinski definition) is 12. The highest BCUT2D eigenvalue weighted by molar-refractivity contribution is 7.91. The molecule has 0 aliphatic rings. The molecule has 0 spiro atoms. The average molecular weight is 595 g/mol. The van der Waals surface area contributed by atoms with E-state index in [4.69, 9.17) is 0 Å². The van der Waals surface area contributed by atoms with Gasteiger partial charge in [-0.1, -0.05) is 42.5 Å². The molecule has 0 atom stereocenters. The van der Waals surface area contributed by atoms with Crippen molar-refractivity contribution in [1.82, 2.24) is 15.4 Å². The van der Waals surface area contributed by atoms with Gasteiger partial charge in [0.2, 0.25) is 0 Å². The zero-order valence-electron chi connectivity index (χ0n) is 17.7. The lowest BCUT2D eigenvalue weighted by molar-refractivity contribution is 0.447. The summed E-state index contributed by atoms with van der Waals surface area (Å²) in [4.78, 5) is -8.27. The van der Waals surface area contributed by atoms with Crippen LogP contribution < -0.4 is 5.32 Å². The smallest absolute Gasteiger partial charge is 0.298 e. The summed E-state index contributed by atoms with van der Waals surface area (Å²) in [6, 6.07) is 8.61. The van der Waals surface area contributed by atoms with Gasteiger partial charge in [-0.2, -0.15) is 33.7 Å². The molecule has 3 aromatic rings. The summed E-state index contributed by atoms with van der Waals surface area (Å²) in [5.74, 6) is -0.448. The second kappa shape index (κ2) is 9.83. The molecular formula is C17H14N4O12S4. The van der Waals surface area contributed by atoms with Gasteiger partial charge in [0.1, 0.15) is 19.6 Å². The summed E-state index contributed by atoms with van der Waals surface area (Å²) in [5, 5.41) is 12.2. The quantitative estimate of drug-likeness (QED) is 0.178. The standard InChI is InChI=1S/C17H14N4O12S4/c22-34(23,24)14-11(7-6-10-4-2-1-3-5-10)13(19-12-8-9-18-21-20-12)15(35(25,26)27)17(37(31,32)33)16(14)36(28,29)30/h1-9H,(H,18,19,20)(H,22,23,24)(H,25,26,27)(H,28,29,30)(H,31,32,33). The lowest BCUT2D eigenvalue weighted by Crippen LogP contribution is -2.22. The molecule has 1 aromatic heterocycles. The predicted molar refractivity (Wildman–Crippen MR) is 124 cm³/mol. The van der Waals surface area contributed by atoms with E-state index < -0.39 is 77.1 Å². The van der Waals surface area contributed by atoms with E-state index in [9.17, 15) is 51.9 Å². The Labute approximate surface area is 209 Å². The van der Waals surface area contributed by atoms with Gasteiger partial charge in [0.25, 0.3) is 40.5 Å². The molecule has 5 N–H and O–H groups in total. The Morgan fingerprint density at radius 2 is 1.16 bits per heavy atom. The molecule has 16 nitrogen and oxygen atoms in total. The average Bonchev–Trinajstić information content (AvgIpc) is 2.75. The predicted octanol–water partition coefficient (Wildman–Crippen LogP) is 0.772. The topological polar surface area (TPSA) is 268 Å². The summed E-state index contributed by atoms with van der Waals surface area (Å²) in [6.45, 7) is 0. The van der Waals surface area contributed by atoms with Crippen LogP contribution in [0.2, 0.25) is 0 Å². The molecule has 0 amide bonds. The van der Waals surface area contributed by atoms with E-state index >= 15 is 0 Å². The zero-order valence-corrected chi connectivity index (χ0v) is 21.0. The molecule has 0 bridgehead atoms. The highest BCUT2D eigenvalue weighted by atomic mass is 32.2. The van der Waals surface area contributed by atoms with Crippen molar-refractivity contribution in [1.29, 1.82) is 0 Å². The first-order valence-corrected chi connectivity index (χ1v) is 15.0. The Bertz CT molecular complexity index is 1830. The van der Waals surface area contributed by atoms with Crippen LogP contribution in [-0.2, 0) is 40.5 Å². The van der Waals surface area contributed by atoms with Gasteiger partial charge in [-0.3, -0.25) is 18.2 Å². The van der Waals surface area contributed by atoms with Crippen LogP contribution in [0.1, 0.15) is 11.1 Å². The Hall–Kier alpha value is -3.37. The third kappa shape index (κ3) is 6.31. The number of rotatable bonds is 8. The second-order valence-electron chi connectivity index (χ2n) is 6.88. The van der Waals surface area contributed by atoms with Crippen LogP contribution in [0.5, 0.6) is 0 Å². The van der Waals surface area contributed by atoms with E-state index in [2.05, 4.69) is 20.7 Å². The molecule has 0 aliphatic heterocycles. The highest BCUT2D eigenvalue weighted by Gasteiger charge is 2.43. The van der Waals surface area contributed by atoms with Gasteiger partial charge in [-0.25, -0.2) is 0 Å². The third-order valence-electron chi connectivity index (χ3n) is 4.39. The molecule has 3 rings (SSSR count). The van der Waals surface area contributed by atoms with Crippen LogP contribution in [0.3, 0.4) is 0 Å². The van der Waals surface area contributed by atoms with E-state index in [0.717, 1.165) is 24.4 Å². The number of nitrogens with one attached hydrogen (secondary N) is 1. The first-order chi connectivity index (χ1) is 16.9. The Morgan fingerprint density at radius 3 is 1.62 bits per heavy atom. The van der Waals surface area contributed by atoms with Crippen molar-refractivity contribution < 1.29 is 51.9 Å². The van der Waals surface area contributed by atoms with E-state index in [0.29, 0.717) is 5.56 Å². The molecule has 0 saturated heterocycles. The third-order valence-corrected chi connectivity index (χ3v) is 8.49. The van der Waals surface area contributed by atoms with Gasteiger partial charge in [-0.05, 0) is 10.8 Å². The molecule has 2 aromatic carbocycles. The largest absolute Gasteiger partial charge is 0.337 e. The fourth-order valence-corrected chi connectivity index (χ4v) is 8.03. The van der Waals surface area contributed by atoms with Gasteiger partial charge < -0.3 is 5.32 Å². The van der Waals surface area contributed by atoms with Gasteiger partial charge in [-0.15, -0.1) is 10.2 Å². The van der Waals surface area contributed by atoms with Crippen molar-refractivity contribution >= 4 is 64.1 Å². The van der Waals surface area contributed by atoms with Gasteiger partial charge in [0.15, 0.2) is 5.82 Å². The normalized spacial score (nSPS) is 13.1. The minimum absolute atomic E-state index is 0.305. The van der Waals surface area contributed by atoms with Crippen LogP contribution in [0.4, 0.5) is 11.5 Å². The van der Waals surface area contributed by atoms with Gasteiger partial charge >= 0.3 is 0 Å². The van der Waals surface area contributed by atoms with Gasteiger partial charge in [0, 0.05) is 11.6 Å². The lowest BCUT2D eigenvalue weighted by Gasteiger charge is -2.20. The van der Waals surface area contributed by atoms with Crippen molar-refractivity contribution in [3.05, 3.63) is 53.7 Å². The Morgan fingerprint density at radius 1 is 0.649 bits per heavy atom. The number of nitrogens with zero attached hydrogens (tertiary/aromatic N) is 3. The summed E-state index contributed by atoms with van der Waals surface area (Å²) in [6.07, 6.45) is 2.82. The van der Waals surface area contributed by atoms with Crippen molar-refractivity contribution in [2.75, 3.05) is 5.32 Å². The van der Waals surface area contributed by atoms with Gasteiger partial charge in [0.05, 0.1) is 11.9 Å². The van der Waals surface area contributed by atoms with Crippen LogP contribution >= 0.6 is 0 Å². The molecule has 0 unspecified atom stereocenters. The SMILES string of the molecule is O=S(=O)(O)c1c(C=Cc2ccccc2)c(Nc2ccnnn2)c(S(=O)(=O)O)c(S(=O)(=O)O)c1S(=O)(=O)O. The van der Waals surface area contributed by atoms with Crippen molar-refractivity contribution in [2.24, 2.45) is 0 Å². The monoisotopic (exact) mass is 594 g/mol. The van der Waals surface area contributed by atoms with E-state index in [1.165, 1.54) is 24.3 Å². The fraction of sp³-hybridized carbons (Fsp3) is 0. The number of hydrogen-bond donors (Lipinski definition) is 5. The van der Waals surface area contributed by atoms with Crippen LogP contribution in [-0.4, -0.2) is 67.3 Å². The second-order valence-corrected chi connectivity index (χ2v) is 12.3. The summed E-state index contributed by atoms with van der Waals surface area (Å²) >= 11 is 0. The molecular weight excluding hydrogens is 580 g/mol. The van der Waals surface area contributed by atoms with Crippen molar-refractivity contribution in [3.63, 3.8) is 0 Å². The maximum absolute atomic E-state index is 12.4. The molecule has 1 heterocycles. The Kier molecular flexibility index (Phi) is 7.49. The first-order valence-electron chi connectivity index (χ1n) is 9.21. The highest BCUT2D eigenvalue weighted by Crippen LogP contribution is 2.44. The van der Waals surface area contributed by atoms with Crippen molar-refractivity contribution in [2.45, 2.75) is 19.6 Å². The lowest BCUT2D eigenvalue weighted by atomic mass is 10.1. The number of benzene rings is 2. The van der Waals surface area contributed by atoms with E-state index in [1.807, 2.05) is 0 Å². The minimum Gasteiger partial charge on any atom is -0.337 e. The van der Waals surface area contributed by atoms with E-state index in [-0.39, 0.29) is 0 Å². The molecule has 20 heteroatoms. The number of anilines is 2. The van der Waals surface area contributed by atoms with E-state index in [1.54, 1.807) is 6.07 Å². The first kappa shape index (κ1) is 28.2. The Balaban J connectivity index is 2.74. The zero-order chi connectivity index (χ0) is 27.8. The summed E-state index contributed by atoms with van der Waals surface area (Å²) in [7, 11) is -23.9. The summed E-state index contributed by atoms with van der Waals surface area (Å²) in [5.41, 5.74) is -1.97. The fourth-order valence-electron chi connectivity index (χ4n) is 3.11. The molecule has 0 saturated carbocycles. The van der Waals surface area contributed by atoms with Crippen LogP contribution in [0.25, 0.3) is 12.2 Å². The van der Waals surface area contributed by atoms with Crippen LogP contribution in [0, 0.1) is 0 Å². The summed E-state index contributed by atoms with van der Waals surface area (Å²) < 4.78 is 137. The maximum Gasteiger partial charge on any atom is 0.298 e. The number of aromatic nitrogens is 3. The molecule has 0 aliphatic carbocycles. The molecule has 198 valence electrons.